The number of rotatable bonds is 0. The number of hydrogen-bond donors (Lipinski definition) is 0. The van der Waals surface area contributed by atoms with Crippen LogP contribution in [0, 0.1) is 0 Å². The van der Waals surface area contributed by atoms with Crippen molar-refractivity contribution in [3.8, 4) is 0 Å². The summed E-state index contributed by atoms with van der Waals surface area (Å²) in [5, 5.41) is 101. The second kappa shape index (κ2) is 36.7. The fourth-order valence-corrected chi connectivity index (χ4v) is 0. The van der Waals surface area contributed by atoms with E-state index in [4.69, 9.17) is 60.3 Å². The van der Waals surface area contributed by atoms with Crippen LogP contribution < -0.4 is 60.3 Å². The maximum Gasteiger partial charge on any atom is 4.00 e. The van der Waals surface area contributed by atoms with Gasteiger partial charge in [0, 0.05) is 0 Å². The Morgan fingerprint density at radius 1 is 0.263 bits per heavy atom. The van der Waals surface area contributed by atoms with Gasteiger partial charge in [0.05, 0.1) is 0 Å². The van der Waals surface area contributed by atoms with Crippen LogP contribution in [0.2, 0.25) is 0 Å². The van der Waals surface area contributed by atoms with E-state index in [1.165, 1.54) is 0 Å². The van der Waals surface area contributed by atoms with Crippen molar-refractivity contribution in [3.05, 3.63) is 0 Å². The zero-order valence-electron chi connectivity index (χ0n) is 8.16. The molecule has 19 heavy (non-hydrogen) atoms. The summed E-state index contributed by atoms with van der Waals surface area (Å²) < 4.78 is 0. The molecule has 12 nitrogen and oxygen atoms in total. The average Bonchev–Trinajstić information content (AvgIpc) is 1.76. The monoisotopic (exact) mass is 554 g/mol. The Morgan fingerprint density at radius 3 is 0.263 bits per heavy atom. The second-order valence-electron chi connectivity index (χ2n) is 1.15. The molecule has 0 aliphatic carbocycles. The fraction of sp³-hybridized carbons (Fsp3) is 0. The molecule has 0 amide bonds. The van der Waals surface area contributed by atoms with Gasteiger partial charge in [-0.25, -0.2) is 0 Å². The van der Waals surface area contributed by atoms with E-state index < -0.39 is 29.3 Å². The molecule has 0 aromatic carbocycles. The molecule has 114 valence electrons. The molecule has 0 fully saturated rings. The topological polar surface area (TPSA) is 277 Å². The van der Waals surface area contributed by atoms with Gasteiger partial charge in [0.2, 0.25) is 0 Å². The van der Waals surface area contributed by atoms with Gasteiger partial charge in [-0.1, -0.05) is 0 Å². The molecule has 0 rings (SSSR count). The van der Waals surface area contributed by atoms with Crippen molar-refractivity contribution in [2.45, 2.75) is 0 Å². The Hall–Kier alpha value is 1.77. The van der Waals surface area contributed by atoms with E-state index in [0.29, 0.717) is 0 Å². The van der Waals surface area contributed by atoms with Gasteiger partial charge >= 0.3 is 61.3 Å². The number of hydrogen-bond acceptors (Lipinski definition) is 12. The smallest absolute Gasteiger partial charge is 0.907 e. The summed E-state index contributed by atoms with van der Waals surface area (Å²) in [5.74, 6) is 0. The molecule has 0 radical (unpaired) electrons. The van der Waals surface area contributed by atoms with Gasteiger partial charge in [0.15, 0.2) is 0 Å². The third-order valence-electron chi connectivity index (χ3n) is 0. The molecule has 0 saturated carbocycles. The third kappa shape index (κ3) is 2000. The van der Waals surface area contributed by atoms with Gasteiger partial charge in [-0.2, -0.15) is 0 Å². The summed E-state index contributed by atoms with van der Waals surface area (Å²) in [6.07, 6.45) is 0. The predicted octanol–water partition coefficient (Wildman–Crippen LogP) is -15.8. The summed E-state index contributed by atoms with van der Waals surface area (Å²) in [7, 11) is -11.7. The van der Waals surface area contributed by atoms with Gasteiger partial charge in [0.25, 0.3) is 0 Å². The molecule has 0 aromatic rings. The van der Waals surface area contributed by atoms with E-state index in [1.807, 2.05) is 0 Å². The Kier molecular flexibility index (Phi) is 82.8. The van der Waals surface area contributed by atoms with Gasteiger partial charge in [-0.15, -0.1) is 0 Å². The summed E-state index contributed by atoms with van der Waals surface area (Å²) in [4.78, 5) is 0. The van der Waals surface area contributed by atoms with E-state index in [2.05, 4.69) is 0 Å². The molecule has 0 spiro atoms. The Labute approximate surface area is 150 Å². The summed E-state index contributed by atoms with van der Waals surface area (Å²) in [6, 6.07) is 0. The van der Waals surface area contributed by atoms with Crippen LogP contribution in [-0.2, 0) is 61.3 Å². The molecule has 0 aromatic heterocycles. The van der Waals surface area contributed by atoms with Crippen LogP contribution >= 0.6 is 0 Å². The second-order valence-corrected chi connectivity index (χ2v) is 1.15. The van der Waals surface area contributed by atoms with Crippen LogP contribution in [-0.4, -0.2) is 29.3 Å². The third-order valence-corrected chi connectivity index (χ3v) is 0. The van der Waals surface area contributed by atoms with Crippen LogP contribution in [0.3, 0.4) is 0 Å². The van der Waals surface area contributed by atoms with Gasteiger partial charge in [-0.3, -0.25) is 29.3 Å². The maximum atomic E-state index is 8.42. The first-order valence-corrected chi connectivity index (χ1v) is 2.83. The molecule has 0 heterocycles. The first-order valence-electron chi connectivity index (χ1n) is 2.83. The standard InChI is InChI=1S/4BO3.3Pd/c4*2-1(3)4;;;/q4*-3;3*+4. The first kappa shape index (κ1) is 42.8. The Balaban J connectivity index is -0.0000000192. The Morgan fingerprint density at radius 2 is 0.263 bits per heavy atom. The summed E-state index contributed by atoms with van der Waals surface area (Å²) in [6.45, 7) is 0. The molecule has 0 unspecified atom stereocenters. The van der Waals surface area contributed by atoms with Crippen molar-refractivity contribution in [3.63, 3.8) is 0 Å². The molecule has 0 aliphatic rings. The fourth-order valence-electron chi connectivity index (χ4n) is 0. The Bertz CT molecular complexity index is 68.0. The van der Waals surface area contributed by atoms with Crippen LogP contribution in [0.4, 0.5) is 0 Å². The maximum absolute atomic E-state index is 8.42. The average molecular weight is 554 g/mol. The minimum Gasteiger partial charge on any atom is -0.907 e. The minimum absolute atomic E-state index is 0. The first-order chi connectivity index (χ1) is 6.93. The predicted molar refractivity (Wildman–Crippen MR) is 23.0 cm³/mol. The van der Waals surface area contributed by atoms with E-state index >= 15 is 0 Å². The summed E-state index contributed by atoms with van der Waals surface area (Å²) >= 11 is 0. The zero-order valence-corrected chi connectivity index (χ0v) is 12.8. The van der Waals surface area contributed by atoms with Crippen molar-refractivity contribution < 1.29 is 122 Å². The van der Waals surface area contributed by atoms with Crippen LogP contribution in [0.5, 0.6) is 0 Å². The molecular weight excluding hydrogens is 554 g/mol. The quantitative estimate of drug-likeness (QED) is 0.252. The van der Waals surface area contributed by atoms with Crippen LogP contribution in [0.25, 0.3) is 0 Å². The largest absolute Gasteiger partial charge is 4.00 e. The normalized spacial score (nSPS) is 5.68. The molecule has 0 N–H and O–H groups in total. The van der Waals surface area contributed by atoms with Crippen LogP contribution in [0.1, 0.15) is 0 Å². The van der Waals surface area contributed by atoms with Gasteiger partial charge < -0.3 is 60.3 Å². The zero-order chi connectivity index (χ0) is 14.3. The van der Waals surface area contributed by atoms with Gasteiger partial charge in [-0.05, 0) is 0 Å². The van der Waals surface area contributed by atoms with Crippen molar-refractivity contribution in [2.75, 3.05) is 0 Å². The van der Waals surface area contributed by atoms with Crippen molar-refractivity contribution in [2.24, 2.45) is 0 Å². The minimum atomic E-state index is -2.92. The van der Waals surface area contributed by atoms with E-state index in [9.17, 15) is 0 Å². The molecule has 0 aliphatic heterocycles. The molecule has 0 saturated heterocycles. The van der Waals surface area contributed by atoms with Crippen molar-refractivity contribution >= 4 is 29.3 Å². The molecular formula is B4O12Pd3. The molecule has 0 atom stereocenters. The van der Waals surface area contributed by atoms with Crippen LogP contribution in [0.15, 0.2) is 0 Å². The van der Waals surface area contributed by atoms with E-state index in [-0.39, 0.29) is 61.3 Å². The SMILES string of the molecule is [O-]B([O-])[O-].[O-]B([O-])[O-].[O-]B([O-])[O-].[O-]B([O-])[O-].[Pd+4].[Pd+4].[Pd+4]. The summed E-state index contributed by atoms with van der Waals surface area (Å²) in [5.41, 5.74) is 0. The molecule has 0 bridgehead atoms. The van der Waals surface area contributed by atoms with Crippen molar-refractivity contribution in [1.29, 1.82) is 0 Å². The van der Waals surface area contributed by atoms with E-state index in [1.54, 1.807) is 0 Å². The molecule has 19 heteroatoms. The van der Waals surface area contributed by atoms with Gasteiger partial charge in [0.1, 0.15) is 0 Å². The van der Waals surface area contributed by atoms with E-state index in [0.717, 1.165) is 0 Å². The van der Waals surface area contributed by atoms with Crippen molar-refractivity contribution in [1.82, 2.24) is 0 Å².